The van der Waals surface area contributed by atoms with E-state index in [2.05, 4.69) is 35.3 Å². The maximum atomic E-state index is 11.1. The molecule has 0 bridgehead atoms. The number of carbonyl (C=O) groups excluding carboxylic acids is 1. The summed E-state index contributed by atoms with van der Waals surface area (Å²) < 4.78 is 5.99. The molecular formula is C21H33N3O2. The Hall–Kier alpha value is -1.88. The molecule has 1 aliphatic heterocycles. The zero-order chi connectivity index (χ0) is 18.9. The summed E-state index contributed by atoms with van der Waals surface area (Å²) in [6, 6.07) is 4.08. The highest BCUT2D eigenvalue weighted by Gasteiger charge is 2.33. The Kier molecular flexibility index (Phi) is 8.10. The maximum Gasteiger partial charge on any atom is 0.172 e. The van der Waals surface area contributed by atoms with Crippen molar-refractivity contribution in [2.75, 3.05) is 13.2 Å². The third kappa shape index (κ3) is 4.85. The van der Waals surface area contributed by atoms with E-state index in [1.54, 1.807) is 6.20 Å². The number of hydrazine groups is 1. The van der Waals surface area contributed by atoms with E-state index in [9.17, 15) is 4.79 Å². The van der Waals surface area contributed by atoms with Crippen molar-refractivity contribution in [2.24, 2.45) is 11.8 Å². The van der Waals surface area contributed by atoms with Gasteiger partial charge in [0.1, 0.15) is 11.4 Å². The van der Waals surface area contributed by atoms with Gasteiger partial charge in [0.25, 0.3) is 0 Å². The Morgan fingerprint density at radius 2 is 2.12 bits per heavy atom. The number of aldehydes is 1. The molecule has 1 aliphatic carbocycles. The van der Waals surface area contributed by atoms with Gasteiger partial charge in [-0.05, 0) is 44.9 Å². The summed E-state index contributed by atoms with van der Waals surface area (Å²) in [5.74, 6) is 1.59. The van der Waals surface area contributed by atoms with Crippen LogP contribution in [0.3, 0.4) is 0 Å². The number of pyridine rings is 1. The minimum atomic E-state index is 0.385. The lowest BCUT2D eigenvalue weighted by atomic mass is 9.77. The number of nitrogens with zero attached hydrogens (tertiary/aromatic N) is 2. The topological polar surface area (TPSA) is 54.5 Å². The van der Waals surface area contributed by atoms with Gasteiger partial charge in [0.2, 0.25) is 0 Å². The Balaban J connectivity index is 0.00000117. The fourth-order valence-corrected chi connectivity index (χ4v) is 3.86. The van der Waals surface area contributed by atoms with Crippen molar-refractivity contribution in [1.29, 1.82) is 0 Å². The fourth-order valence-electron chi connectivity index (χ4n) is 3.86. The third-order valence-corrected chi connectivity index (χ3v) is 5.02. The van der Waals surface area contributed by atoms with Crippen molar-refractivity contribution >= 4 is 6.29 Å². The molecule has 2 atom stereocenters. The molecule has 0 aromatic carbocycles. The minimum absolute atomic E-state index is 0.385. The summed E-state index contributed by atoms with van der Waals surface area (Å²) in [6.07, 6.45) is 9.61. The molecule has 5 heteroatoms. The van der Waals surface area contributed by atoms with E-state index in [1.807, 2.05) is 26.0 Å². The number of hydrogen-bond acceptors (Lipinski definition) is 5. The predicted octanol–water partition coefficient (Wildman–Crippen LogP) is 4.22. The molecule has 1 N–H and O–H groups in total. The third-order valence-electron chi connectivity index (χ3n) is 5.02. The molecule has 5 nitrogen and oxygen atoms in total. The van der Waals surface area contributed by atoms with Gasteiger partial charge in [-0.3, -0.25) is 4.79 Å². The van der Waals surface area contributed by atoms with Crippen molar-refractivity contribution in [2.45, 2.75) is 59.4 Å². The van der Waals surface area contributed by atoms with Crippen LogP contribution < -0.4 is 10.2 Å². The number of aromatic nitrogens is 1. The van der Waals surface area contributed by atoms with E-state index >= 15 is 0 Å². The summed E-state index contributed by atoms with van der Waals surface area (Å²) in [4.78, 5) is 15.2. The van der Waals surface area contributed by atoms with Gasteiger partial charge in [-0.15, -0.1) is 0 Å². The van der Waals surface area contributed by atoms with Crippen molar-refractivity contribution < 1.29 is 9.53 Å². The van der Waals surface area contributed by atoms with Crippen LogP contribution in [0.25, 0.3) is 0 Å². The van der Waals surface area contributed by atoms with Crippen LogP contribution in [0.15, 0.2) is 30.1 Å². The zero-order valence-corrected chi connectivity index (χ0v) is 16.6. The highest BCUT2D eigenvalue weighted by molar-refractivity contribution is 5.75. The van der Waals surface area contributed by atoms with Gasteiger partial charge >= 0.3 is 0 Å². The first-order chi connectivity index (χ1) is 12.7. The number of allylic oxidation sites excluding steroid dienone is 1. The Labute approximate surface area is 157 Å². The summed E-state index contributed by atoms with van der Waals surface area (Å²) in [6.45, 7) is 9.98. The van der Waals surface area contributed by atoms with Crippen molar-refractivity contribution in [3.63, 3.8) is 0 Å². The highest BCUT2D eigenvalue weighted by Crippen LogP contribution is 2.38. The van der Waals surface area contributed by atoms with E-state index < -0.39 is 0 Å². The average molecular weight is 360 g/mol. The molecule has 2 aliphatic rings. The van der Waals surface area contributed by atoms with Crippen molar-refractivity contribution in [1.82, 2.24) is 15.4 Å². The second kappa shape index (κ2) is 10.3. The molecule has 1 aromatic heterocycles. The van der Waals surface area contributed by atoms with Gasteiger partial charge < -0.3 is 9.75 Å². The van der Waals surface area contributed by atoms with E-state index in [0.717, 1.165) is 12.8 Å². The Morgan fingerprint density at radius 1 is 1.35 bits per heavy atom. The van der Waals surface area contributed by atoms with Crippen LogP contribution in [0, 0.1) is 11.8 Å². The number of hydrogen-bond donors (Lipinski definition) is 1. The van der Waals surface area contributed by atoms with Crippen LogP contribution >= 0.6 is 0 Å². The summed E-state index contributed by atoms with van der Waals surface area (Å²) >= 11 is 0. The smallest absolute Gasteiger partial charge is 0.172 e. The Bertz CT molecular complexity index is 601. The van der Waals surface area contributed by atoms with Gasteiger partial charge in [0.15, 0.2) is 6.29 Å². The van der Waals surface area contributed by atoms with Gasteiger partial charge in [-0.25, -0.2) is 10.4 Å². The van der Waals surface area contributed by atoms with Crippen LogP contribution in [-0.2, 0) is 0 Å². The molecule has 2 heterocycles. The average Bonchev–Trinajstić information content (AvgIpc) is 3.18. The second-order valence-electron chi connectivity index (χ2n) is 6.92. The van der Waals surface area contributed by atoms with E-state index in [0.29, 0.717) is 35.9 Å². The van der Waals surface area contributed by atoms with Crippen molar-refractivity contribution in [3.8, 4) is 5.75 Å². The van der Waals surface area contributed by atoms with Gasteiger partial charge in [-0.1, -0.05) is 26.7 Å². The van der Waals surface area contributed by atoms with Crippen LogP contribution in [-0.4, -0.2) is 35.5 Å². The van der Waals surface area contributed by atoms with E-state index in [-0.39, 0.29) is 0 Å². The first-order valence-electron chi connectivity index (χ1n) is 9.96. The first-order valence-corrected chi connectivity index (χ1v) is 9.96. The molecule has 3 rings (SSSR count). The fraction of sp³-hybridized carbons (Fsp3) is 0.619. The van der Waals surface area contributed by atoms with E-state index in [1.165, 1.54) is 31.4 Å². The van der Waals surface area contributed by atoms with Gasteiger partial charge in [0, 0.05) is 36.3 Å². The minimum Gasteiger partial charge on any atom is -0.491 e. The summed E-state index contributed by atoms with van der Waals surface area (Å²) in [7, 11) is 0. The second-order valence-corrected chi connectivity index (χ2v) is 6.92. The van der Waals surface area contributed by atoms with Crippen LogP contribution in [0.4, 0.5) is 0 Å². The lowest BCUT2D eigenvalue weighted by Gasteiger charge is -2.38. The predicted molar refractivity (Wildman–Crippen MR) is 105 cm³/mol. The largest absolute Gasteiger partial charge is 0.491 e. The summed E-state index contributed by atoms with van der Waals surface area (Å²) in [5, 5.41) is 2.31. The maximum absolute atomic E-state index is 11.1. The molecule has 1 aromatic rings. The molecule has 0 spiro atoms. The molecule has 0 amide bonds. The lowest BCUT2D eigenvalue weighted by Crippen LogP contribution is -2.42. The summed E-state index contributed by atoms with van der Waals surface area (Å²) in [5.41, 5.74) is 5.26. The number of carbonyl (C=O) groups is 1. The van der Waals surface area contributed by atoms with Gasteiger partial charge in [0.05, 0.1) is 6.61 Å². The van der Waals surface area contributed by atoms with Crippen LogP contribution in [0.5, 0.6) is 5.75 Å². The molecule has 1 saturated carbocycles. The normalized spacial score (nSPS) is 22.5. The Morgan fingerprint density at radius 3 is 2.85 bits per heavy atom. The number of ether oxygens (including phenoxy) is 1. The van der Waals surface area contributed by atoms with Gasteiger partial charge in [-0.2, -0.15) is 0 Å². The monoisotopic (exact) mass is 359 g/mol. The standard InChI is InChI=1S/C19H27N3O2.C2H6/c1-14(2)22-18(9-11-21-22)16-7-4-3-6-15(16)13-24-19-8-5-10-20-17(19)12-23;1-2/h5,8-10,12,14-16,21H,3-4,6-7,11,13H2,1-2H3;1-2H3. The van der Waals surface area contributed by atoms with Crippen LogP contribution in [0.1, 0.15) is 63.9 Å². The quantitative estimate of drug-likeness (QED) is 0.771. The molecular weight excluding hydrogens is 326 g/mol. The molecule has 26 heavy (non-hydrogen) atoms. The lowest BCUT2D eigenvalue weighted by molar-refractivity contribution is 0.110. The molecule has 144 valence electrons. The number of rotatable bonds is 6. The number of nitrogens with one attached hydrogen (secondary N) is 1. The first kappa shape index (κ1) is 20.4. The molecule has 0 saturated heterocycles. The molecule has 1 fully saturated rings. The SMILES string of the molecule is CC.CC(C)N1NCC=C1C1CCCCC1COc1cccnc1C=O. The zero-order valence-electron chi connectivity index (χ0n) is 16.6. The van der Waals surface area contributed by atoms with Crippen molar-refractivity contribution in [3.05, 3.63) is 35.8 Å². The molecule has 0 radical (unpaired) electrons. The van der Waals surface area contributed by atoms with Crippen LogP contribution in [0.2, 0.25) is 0 Å². The molecule has 2 unspecified atom stereocenters. The van der Waals surface area contributed by atoms with E-state index in [4.69, 9.17) is 4.74 Å². The highest BCUT2D eigenvalue weighted by atomic mass is 16.5.